The molecule has 2 aliphatic rings. The summed E-state index contributed by atoms with van der Waals surface area (Å²) in [7, 11) is 0. The summed E-state index contributed by atoms with van der Waals surface area (Å²) in [6.07, 6.45) is 10.3. The highest BCUT2D eigenvalue weighted by molar-refractivity contribution is 6.12. The SMILES string of the molecule is CCN(Cc1nc2c(N)nc3ccccc3c2n1CC(C)(C)O)C(=O)CCCCCCC(=O)C1CCC(CN2C(=O)C=CC2=O)CC1. The lowest BCUT2D eigenvalue weighted by molar-refractivity contribution is -0.138. The Hall–Kier alpha value is -4.12. The maximum Gasteiger partial charge on any atom is 0.253 e. The summed E-state index contributed by atoms with van der Waals surface area (Å²) in [6.45, 7) is 7.01. The van der Waals surface area contributed by atoms with Crippen molar-refractivity contribution in [3.8, 4) is 0 Å². The number of aliphatic hydroxyl groups is 1. The van der Waals surface area contributed by atoms with Gasteiger partial charge in [0.1, 0.15) is 17.1 Å². The van der Waals surface area contributed by atoms with E-state index in [2.05, 4.69) is 4.98 Å². The molecule has 3 N–H and O–H groups in total. The molecule has 11 heteroatoms. The lowest BCUT2D eigenvalue weighted by Crippen LogP contribution is -2.36. The van der Waals surface area contributed by atoms with Crippen LogP contribution in [0.25, 0.3) is 21.9 Å². The summed E-state index contributed by atoms with van der Waals surface area (Å²) in [5.41, 5.74) is 7.44. The first-order valence-electron chi connectivity index (χ1n) is 17.0. The average Bonchev–Trinajstić information content (AvgIpc) is 3.55. The van der Waals surface area contributed by atoms with Crippen molar-refractivity contribution in [3.05, 3.63) is 42.2 Å². The van der Waals surface area contributed by atoms with Gasteiger partial charge in [-0.3, -0.25) is 24.1 Å². The fourth-order valence-electron chi connectivity index (χ4n) is 6.96. The van der Waals surface area contributed by atoms with Gasteiger partial charge in [-0.15, -0.1) is 0 Å². The van der Waals surface area contributed by atoms with Crippen LogP contribution >= 0.6 is 0 Å². The third-order valence-corrected chi connectivity index (χ3v) is 9.51. The Morgan fingerprint density at radius 2 is 1.64 bits per heavy atom. The van der Waals surface area contributed by atoms with Crippen molar-refractivity contribution in [2.24, 2.45) is 11.8 Å². The maximum atomic E-state index is 13.3. The third-order valence-electron chi connectivity index (χ3n) is 9.51. The number of imidazole rings is 1. The molecule has 0 atom stereocenters. The fraction of sp³-hybridized carbons (Fsp3) is 0.556. The van der Waals surface area contributed by atoms with Crippen molar-refractivity contribution in [3.63, 3.8) is 0 Å². The quantitative estimate of drug-likeness (QED) is 0.175. The molecular weight excluding hydrogens is 596 g/mol. The van der Waals surface area contributed by atoms with Crippen molar-refractivity contribution < 1.29 is 24.3 Å². The number of hydrogen-bond acceptors (Lipinski definition) is 8. The van der Waals surface area contributed by atoms with Gasteiger partial charge in [0.05, 0.1) is 29.7 Å². The minimum atomic E-state index is -1.02. The summed E-state index contributed by atoms with van der Waals surface area (Å²) in [6, 6.07) is 7.72. The predicted molar refractivity (Wildman–Crippen MR) is 181 cm³/mol. The second kappa shape index (κ2) is 14.8. The van der Waals surface area contributed by atoms with Crippen molar-refractivity contribution in [1.29, 1.82) is 0 Å². The summed E-state index contributed by atoms with van der Waals surface area (Å²) < 4.78 is 1.97. The highest BCUT2D eigenvalue weighted by Gasteiger charge is 2.31. The molecule has 0 spiro atoms. The van der Waals surface area contributed by atoms with E-state index in [1.54, 1.807) is 18.7 Å². The monoisotopic (exact) mass is 644 g/mol. The molecule has 47 heavy (non-hydrogen) atoms. The molecule has 1 aromatic carbocycles. The minimum Gasteiger partial charge on any atom is -0.389 e. The predicted octanol–water partition coefficient (Wildman–Crippen LogP) is 4.93. The Morgan fingerprint density at radius 1 is 0.979 bits per heavy atom. The zero-order chi connectivity index (χ0) is 33.7. The third kappa shape index (κ3) is 8.25. The van der Waals surface area contributed by atoms with Crippen molar-refractivity contribution in [2.45, 2.75) is 104 Å². The van der Waals surface area contributed by atoms with E-state index in [1.165, 1.54) is 17.1 Å². The number of pyridine rings is 1. The van der Waals surface area contributed by atoms with Crippen molar-refractivity contribution in [2.75, 3.05) is 18.8 Å². The number of para-hydroxylation sites is 1. The van der Waals surface area contributed by atoms with Crippen LogP contribution in [0.3, 0.4) is 0 Å². The van der Waals surface area contributed by atoms with Gasteiger partial charge in [0.25, 0.3) is 11.8 Å². The summed E-state index contributed by atoms with van der Waals surface area (Å²) in [4.78, 5) is 62.3. The van der Waals surface area contributed by atoms with Crippen LogP contribution in [0.5, 0.6) is 0 Å². The molecular formula is C36H48N6O5. The van der Waals surface area contributed by atoms with Gasteiger partial charge in [-0.05, 0) is 71.3 Å². The summed E-state index contributed by atoms with van der Waals surface area (Å²) in [5, 5.41) is 11.7. The number of hydrogen-bond donors (Lipinski definition) is 2. The van der Waals surface area contributed by atoms with Gasteiger partial charge in [-0.1, -0.05) is 31.0 Å². The van der Waals surface area contributed by atoms with Gasteiger partial charge in [0.2, 0.25) is 5.91 Å². The number of unbranched alkanes of at least 4 members (excludes halogenated alkanes) is 3. The number of nitrogens with zero attached hydrogens (tertiary/aromatic N) is 5. The van der Waals surface area contributed by atoms with Crippen LogP contribution in [-0.4, -0.2) is 71.6 Å². The molecule has 0 bridgehead atoms. The standard InChI is InChI=1S/C36H48N6O5/c1-4-40(22-29-39-33-34(42(29)23-36(2,3)47)26-11-9-10-12-27(26)38-35(33)37)30(44)14-8-6-5-7-13-28(43)25-17-15-24(16-18-25)21-41-31(45)19-20-32(41)46/h9-12,19-20,24-25,47H,4-8,13-18,21-23H2,1-3H3,(H2,37,38). The minimum absolute atomic E-state index is 0.0475. The van der Waals surface area contributed by atoms with Crippen LogP contribution in [0.15, 0.2) is 36.4 Å². The number of aromatic nitrogens is 3. The van der Waals surface area contributed by atoms with E-state index in [0.29, 0.717) is 55.4 Å². The normalized spacial score (nSPS) is 18.5. The van der Waals surface area contributed by atoms with Gasteiger partial charge in [0.15, 0.2) is 5.82 Å². The van der Waals surface area contributed by atoms with Crippen molar-refractivity contribution in [1.82, 2.24) is 24.3 Å². The largest absolute Gasteiger partial charge is 0.389 e. The molecule has 0 radical (unpaired) electrons. The van der Waals surface area contributed by atoms with Crippen LogP contribution in [0.2, 0.25) is 0 Å². The lowest BCUT2D eigenvalue weighted by atomic mass is 9.79. The number of imide groups is 1. The Morgan fingerprint density at radius 3 is 2.30 bits per heavy atom. The molecule has 1 aliphatic carbocycles. The van der Waals surface area contributed by atoms with Gasteiger partial charge in [-0.2, -0.15) is 0 Å². The van der Waals surface area contributed by atoms with Gasteiger partial charge in [0, 0.05) is 49.4 Å². The number of nitrogen functional groups attached to an aromatic ring is 1. The van der Waals surface area contributed by atoms with E-state index in [-0.39, 0.29) is 36.1 Å². The molecule has 3 heterocycles. The van der Waals surface area contributed by atoms with E-state index in [0.717, 1.165) is 67.8 Å². The molecule has 2 aromatic heterocycles. The molecule has 252 valence electrons. The first kappa shape index (κ1) is 34.2. The molecule has 3 amide bonds. The summed E-state index contributed by atoms with van der Waals surface area (Å²) >= 11 is 0. The number of benzene rings is 1. The number of fused-ring (bicyclic) bond motifs is 3. The topological polar surface area (TPSA) is 152 Å². The van der Waals surface area contributed by atoms with Crippen LogP contribution in [-0.2, 0) is 32.3 Å². The fourth-order valence-corrected chi connectivity index (χ4v) is 6.96. The van der Waals surface area contributed by atoms with Gasteiger partial charge < -0.3 is 20.3 Å². The van der Waals surface area contributed by atoms with Crippen LogP contribution in [0, 0.1) is 11.8 Å². The average molecular weight is 645 g/mol. The highest BCUT2D eigenvalue weighted by atomic mass is 16.3. The zero-order valence-electron chi connectivity index (χ0n) is 27.9. The molecule has 1 aliphatic heterocycles. The molecule has 1 fully saturated rings. The lowest BCUT2D eigenvalue weighted by Gasteiger charge is -2.30. The van der Waals surface area contributed by atoms with Crippen LogP contribution < -0.4 is 5.73 Å². The van der Waals surface area contributed by atoms with E-state index >= 15 is 0 Å². The van der Waals surface area contributed by atoms with E-state index < -0.39 is 5.60 Å². The number of carbonyl (C=O) groups excluding carboxylic acids is 4. The number of Topliss-reactive ketones (excluding diaryl/α,β-unsaturated/α-hetero) is 1. The Kier molecular flexibility index (Phi) is 10.7. The molecule has 0 saturated heterocycles. The number of amides is 3. The number of nitrogens with two attached hydrogens (primary N) is 1. The number of rotatable bonds is 15. The smallest absolute Gasteiger partial charge is 0.253 e. The van der Waals surface area contributed by atoms with E-state index in [9.17, 15) is 24.3 Å². The van der Waals surface area contributed by atoms with Crippen molar-refractivity contribution >= 4 is 51.3 Å². The van der Waals surface area contributed by atoms with E-state index in [4.69, 9.17) is 10.7 Å². The number of anilines is 1. The second-order valence-electron chi connectivity index (χ2n) is 13.8. The maximum absolute atomic E-state index is 13.3. The first-order valence-corrected chi connectivity index (χ1v) is 17.0. The number of ketones is 1. The molecule has 11 nitrogen and oxygen atoms in total. The highest BCUT2D eigenvalue weighted by Crippen LogP contribution is 2.32. The van der Waals surface area contributed by atoms with Gasteiger partial charge in [-0.25, -0.2) is 9.97 Å². The summed E-state index contributed by atoms with van der Waals surface area (Å²) in [5.74, 6) is 1.19. The van der Waals surface area contributed by atoms with Gasteiger partial charge >= 0.3 is 0 Å². The molecule has 5 rings (SSSR count). The van der Waals surface area contributed by atoms with Crippen LogP contribution in [0.4, 0.5) is 5.82 Å². The Labute approximate surface area is 276 Å². The van der Waals surface area contributed by atoms with E-state index in [1.807, 2.05) is 35.8 Å². The van der Waals surface area contributed by atoms with Crippen LogP contribution in [0.1, 0.15) is 90.8 Å². The second-order valence-corrected chi connectivity index (χ2v) is 13.8. The first-order chi connectivity index (χ1) is 22.4. The molecule has 3 aromatic rings. The zero-order valence-corrected chi connectivity index (χ0v) is 27.9. The number of carbonyl (C=O) groups is 4. The Balaban J connectivity index is 1.08. The Bertz CT molecular complexity index is 1650. The molecule has 0 unspecified atom stereocenters. The molecule has 1 saturated carbocycles.